The lowest BCUT2D eigenvalue weighted by atomic mass is 10.3. The maximum atomic E-state index is 11.0. The molecule has 0 aliphatic carbocycles. The highest BCUT2D eigenvalue weighted by atomic mass is 127. The minimum Gasteiger partial charge on any atom is -0.490 e. The van der Waals surface area contributed by atoms with Crippen LogP contribution >= 0.6 is 24.0 Å². The zero-order valence-corrected chi connectivity index (χ0v) is 18.2. The number of fused-ring (bicyclic) bond motifs is 1. The minimum absolute atomic E-state index is 0. The molecule has 0 amide bonds. The largest absolute Gasteiger partial charge is 0.490 e. The lowest BCUT2D eigenvalue weighted by Crippen LogP contribution is -2.31. The van der Waals surface area contributed by atoms with Crippen LogP contribution in [-0.2, 0) is 10.0 Å². The average Bonchev–Trinajstić information content (AvgIpc) is 2.78. The van der Waals surface area contributed by atoms with Crippen LogP contribution in [0.3, 0.4) is 0 Å². The van der Waals surface area contributed by atoms with Gasteiger partial charge in [0.2, 0.25) is 10.0 Å². The second-order valence-corrected chi connectivity index (χ2v) is 7.45. The van der Waals surface area contributed by atoms with Gasteiger partial charge in [0, 0.05) is 37.8 Å². The topological polar surface area (TPSA) is 101 Å². The summed E-state index contributed by atoms with van der Waals surface area (Å²) >= 11 is 0. The van der Waals surface area contributed by atoms with E-state index in [1.807, 2.05) is 25.1 Å². The summed E-state index contributed by atoms with van der Waals surface area (Å²) in [6.07, 6.45) is 2.62. The molecule has 0 radical (unpaired) electrons. The molecule has 0 bridgehead atoms. The molecule has 0 aromatic heterocycles. The standard InChI is InChI=1S/C16H26N4O4S.HI/c1-3-17-16(18-8-4-9-19-25(2,21)22)20-13-6-7-14-15(12-13)24-11-5-10-23-14;/h6-7,12,19H,3-5,8-11H2,1-2H3,(H2,17,18,20);1H. The van der Waals surface area contributed by atoms with Gasteiger partial charge in [0.15, 0.2) is 17.5 Å². The van der Waals surface area contributed by atoms with E-state index in [2.05, 4.69) is 20.3 Å². The molecule has 0 fully saturated rings. The summed E-state index contributed by atoms with van der Waals surface area (Å²) in [6.45, 7) is 4.87. The second kappa shape index (κ2) is 11.4. The fraction of sp³-hybridized carbons (Fsp3) is 0.562. The summed E-state index contributed by atoms with van der Waals surface area (Å²) in [5.74, 6) is 2.10. The Morgan fingerprint density at radius 2 is 1.96 bits per heavy atom. The summed E-state index contributed by atoms with van der Waals surface area (Å²) < 4.78 is 35.8. The van der Waals surface area contributed by atoms with Crippen LogP contribution in [0.1, 0.15) is 19.8 Å². The summed E-state index contributed by atoms with van der Waals surface area (Å²) in [5.41, 5.74) is 0.846. The van der Waals surface area contributed by atoms with Gasteiger partial charge >= 0.3 is 0 Å². The van der Waals surface area contributed by atoms with Gasteiger partial charge in [-0.05, 0) is 25.5 Å². The monoisotopic (exact) mass is 498 g/mol. The number of rotatable bonds is 7. The van der Waals surface area contributed by atoms with Gasteiger partial charge in [0.1, 0.15) is 0 Å². The van der Waals surface area contributed by atoms with Gasteiger partial charge < -0.3 is 20.1 Å². The van der Waals surface area contributed by atoms with E-state index in [1.165, 1.54) is 0 Å². The predicted octanol–water partition coefficient (Wildman–Crippen LogP) is 1.78. The van der Waals surface area contributed by atoms with Crippen molar-refractivity contribution in [1.82, 2.24) is 10.0 Å². The first kappa shape index (κ1) is 22.8. The van der Waals surface area contributed by atoms with E-state index < -0.39 is 10.0 Å². The molecular formula is C16H27IN4O4S. The zero-order valence-electron chi connectivity index (χ0n) is 15.1. The molecule has 26 heavy (non-hydrogen) atoms. The van der Waals surface area contributed by atoms with Gasteiger partial charge in [0.25, 0.3) is 0 Å². The molecule has 10 heteroatoms. The summed E-state index contributed by atoms with van der Waals surface area (Å²) in [5, 5.41) is 6.38. The van der Waals surface area contributed by atoms with Gasteiger partial charge in [-0.1, -0.05) is 0 Å². The van der Waals surface area contributed by atoms with Crippen molar-refractivity contribution in [3.05, 3.63) is 18.2 Å². The van der Waals surface area contributed by atoms with Crippen molar-refractivity contribution in [3.8, 4) is 11.5 Å². The smallest absolute Gasteiger partial charge is 0.208 e. The van der Waals surface area contributed by atoms with Crippen LogP contribution in [0, 0.1) is 0 Å². The van der Waals surface area contributed by atoms with Crippen LogP contribution < -0.4 is 24.8 Å². The number of halogens is 1. The number of benzene rings is 1. The Bertz CT molecular complexity index is 697. The van der Waals surface area contributed by atoms with Crippen LogP contribution in [0.15, 0.2) is 23.2 Å². The van der Waals surface area contributed by atoms with Crippen LogP contribution in [0.2, 0.25) is 0 Å². The Labute approximate surface area is 172 Å². The van der Waals surface area contributed by atoms with Crippen LogP contribution in [0.5, 0.6) is 11.5 Å². The van der Waals surface area contributed by atoms with E-state index in [0.29, 0.717) is 38.7 Å². The first-order valence-corrected chi connectivity index (χ1v) is 10.3. The molecule has 0 saturated heterocycles. The zero-order chi connectivity index (χ0) is 18.1. The lowest BCUT2D eigenvalue weighted by molar-refractivity contribution is 0.297. The Hall–Kier alpha value is -1.27. The summed E-state index contributed by atoms with van der Waals surface area (Å²) in [6, 6.07) is 5.67. The molecule has 3 N–H and O–H groups in total. The number of aliphatic imine (C=N–C) groups is 1. The Balaban J connectivity index is 0.00000338. The molecule has 1 aliphatic heterocycles. The number of nitrogens with zero attached hydrogens (tertiary/aromatic N) is 1. The van der Waals surface area contributed by atoms with Gasteiger partial charge in [-0.15, -0.1) is 24.0 Å². The van der Waals surface area contributed by atoms with Crippen molar-refractivity contribution in [2.75, 3.05) is 44.4 Å². The lowest BCUT2D eigenvalue weighted by Gasteiger charge is -2.13. The Morgan fingerprint density at radius 1 is 1.23 bits per heavy atom. The van der Waals surface area contributed by atoms with Crippen LogP contribution in [0.25, 0.3) is 0 Å². The van der Waals surface area contributed by atoms with Crippen molar-refractivity contribution in [2.24, 2.45) is 4.99 Å². The summed E-state index contributed by atoms with van der Waals surface area (Å²) in [4.78, 5) is 4.45. The number of sulfonamides is 1. The van der Waals surface area contributed by atoms with Crippen LogP contribution in [-0.4, -0.2) is 53.5 Å². The number of hydrogen-bond acceptors (Lipinski definition) is 5. The normalized spacial score (nSPS) is 14.2. The molecule has 2 rings (SSSR count). The van der Waals surface area contributed by atoms with Crippen molar-refractivity contribution < 1.29 is 17.9 Å². The SMILES string of the molecule is CCNC(=NCCCNS(C)(=O)=O)Nc1ccc2c(c1)OCCCO2.I. The van der Waals surface area contributed by atoms with Crippen LogP contribution in [0.4, 0.5) is 5.69 Å². The molecule has 0 unspecified atom stereocenters. The fourth-order valence-corrected chi connectivity index (χ4v) is 2.73. The average molecular weight is 498 g/mol. The highest BCUT2D eigenvalue weighted by Gasteiger charge is 2.11. The van der Waals surface area contributed by atoms with Crippen molar-refractivity contribution in [3.63, 3.8) is 0 Å². The molecule has 1 aromatic rings. The van der Waals surface area contributed by atoms with Gasteiger partial charge in [-0.25, -0.2) is 13.1 Å². The molecule has 0 saturated carbocycles. The third kappa shape index (κ3) is 8.41. The quantitative estimate of drug-likeness (QED) is 0.230. The second-order valence-electron chi connectivity index (χ2n) is 5.62. The first-order valence-electron chi connectivity index (χ1n) is 8.37. The van der Waals surface area contributed by atoms with E-state index in [1.54, 1.807) is 0 Å². The third-order valence-corrected chi connectivity index (χ3v) is 4.05. The van der Waals surface area contributed by atoms with E-state index >= 15 is 0 Å². The van der Waals surface area contributed by atoms with Crippen molar-refractivity contribution in [1.29, 1.82) is 0 Å². The maximum absolute atomic E-state index is 11.0. The van der Waals surface area contributed by atoms with E-state index in [9.17, 15) is 8.42 Å². The number of anilines is 1. The van der Waals surface area contributed by atoms with Gasteiger partial charge in [-0.2, -0.15) is 0 Å². The predicted molar refractivity (Wildman–Crippen MR) is 115 cm³/mol. The van der Waals surface area contributed by atoms with E-state index in [0.717, 1.165) is 36.4 Å². The Morgan fingerprint density at radius 3 is 2.65 bits per heavy atom. The number of guanidine groups is 1. The summed E-state index contributed by atoms with van der Waals surface area (Å²) in [7, 11) is -3.15. The van der Waals surface area contributed by atoms with Crippen molar-refractivity contribution in [2.45, 2.75) is 19.8 Å². The van der Waals surface area contributed by atoms with Gasteiger partial charge in [-0.3, -0.25) is 4.99 Å². The molecule has 148 valence electrons. The number of hydrogen-bond donors (Lipinski definition) is 3. The third-order valence-electron chi connectivity index (χ3n) is 3.32. The Kier molecular flexibility index (Phi) is 10.0. The molecular weight excluding hydrogens is 471 g/mol. The maximum Gasteiger partial charge on any atom is 0.208 e. The van der Waals surface area contributed by atoms with Gasteiger partial charge in [0.05, 0.1) is 19.5 Å². The molecule has 8 nitrogen and oxygen atoms in total. The molecule has 0 spiro atoms. The fourth-order valence-electron chi connectivity index (χ4n) is 2.21. The van der Waals surface area contributed by atoms with E-state index in [4.69, 9.17) is 9.47 Å². The highest BCUT2D eigenvalue weighted by Crippen LogP contribution is 2.32. The van der Waals surface area contributed by atoms with Crippen molar-refractivity contribution >= 4 is 45.6 Å². The minimum atomic E-state index is -3.15. The molecule has 1 aliphatic rings. The molecule has 0 atom stereocenters. The number of nitrogens with one attached hydrogen (secondary N) is 3. The van der Waals surface area contributed by atoms with E-state index in [-0.39, 0.29) is 24.0 Å². The first-order chi connectivity index (χ1) is 12.0. The number of ether oxygens (including phenoxy) is 2. The highest BCUT2D eigenvalue weighted by molar-refractivity contribution is 14.0. The molecule has 1 aromatic carbocycles. The molecule has 1 heterocycles.